The molecule has 0 atom stereocenters. The minimum absolute atomic E-state index is 0.110. The molecular weight excluding hydrogens is 761 g/mol. The van der Waals surface area contributed by atoms with E-state index in [0.29, 0.717) is 0 Å². The summed E-state index contributed by atoms with van der Waals surface area (Å²) in [6, 6.07) is 84.8. The first kappa shape index (κ1) is 36.9. The lowest BCUT2D eigenvalue weighted by Crippen LogP contribution is -2.16. The summed E-state index contributed by atoms with van der Waals surface area (Å²) >= 11 is 0. The third-order valence-electron chi connectivity index (χ3n) is 13.4. The maximum Gasteiger partial charge on any atom is 0.0540 e. The zero-order valence-corrected chi connectivity index (χ0v) is 35.3. The highest BCUT2D eigenvalue weighted by atomic mass is 15.2. The van der Waals surface area contributed by atoms with Gasteiger partial charge in [-0.05, 0) is 115 Å². The fourth-order valence-electron chi connectivity index (χ4n) is 10.3. The van der Waals surface area contributed by atoms with Crippen LogP contribution in [0.3, 0.4) is 0 Å². The molecule has 0 aromatic heterocycles. The molecule has 298 valence electrons. The number of anilines is 6. The van der Waals surface area contributed by atoms with Gasteiger partial charge in [-0.2, -0.15) is 0 Å². The zero-order valence-electron chi connectivity index (χ0n) is 35.3. The summed E-state index contributed by atoms with van der Waals surface area (Å²) in [7, 11) is 0. The Balaban J connectivity index is 0.998. The molecule has 0 aliphatic heterocycles. The summed E-state index contributed by atoms with van der Waals surface area (Å²) in [6.07, 6.45) is 0. The van der Waals surface area contributed by atoms with E-state index >= 15 is 0 Å². The Bertz CT molecular complexity index is 3550. The van der Waals surface area contributed by atoms with E-state index in [1.165, 1.54) is 76.5 Å². The summed E-state index contributed by atoms with van der Waals surface area (Å²) in [4.78, 5) is 4.89. The first-order valence-corrected chi connectivity index (χ1v) is 21.9. The van der Waals surface area contributed by atoms with Gasteiger partial charge in [-0.15, -0.1) is 0 Å². The molecule has 0 spiro atoms. The molecule has 0 unspecified atom stereocenters. The molecule has 0 radical (unpaired) electrons. The molecule has 11 aromatic rings. The fraction of sp³-hybridized carbons (Fsp3) is 0.0492. The quantitative estimate of drug-likeness (QED) is 0.158. The molecule has 0 amide bonds. The van der Waals surface area contributed by atoms with E-state index in [9.17, 15) is 0 Å². The van der Waals surface area contributed by atoms with Crippen molar-refractivity contribution in [1.29, 1.82) is 0 Å². The van der Waals surface area contributed by atoms with Crippen LogP contribution in [0.2, 0.25) is 0 Å². The van der Waals surface area contributed by atoms with Crippen LogP contribution >= 0.6 is 0 Å². The van der Waals surface area contributed by atoms with Crippen LogP contribution in [0.25, 0.3) is 65.3 Å². The Morgan fingerprint density at radius 2 is 0.778 bits per heavy atom. The van der Waals surface area contributed by atoms with Crippen molar-refractivity contribution in [3.05, 3.63) is 242 Å². The van der Waals surface area contributed by atoms with Crippen LogP contribution in [-0.2, 0) is 5.41 Å². The highest BCUT2D eigenvalue weighted by Gasteiger charge is 2.36. The molecule has 12 rings (SSSR count). The van der Waals surface area contributed by atoms with Crippen molar-refractivity contribution >= 4 is 77.2 Å². The minimum atomic E-state index is -0.110. The van der Waals surface area contributed by atoms with Crippen molar-refractivity contribution in [2.75, 3.05) is 9.80 Å². The number of fused-ring (bicyclic) bond motifs is 7. The molecule has 0 saturated heterocycles. The summed E-state index contributed by atoms with van der Waals surface area (Å²) in [5, 5.41) is 9.71. The van der Waals surface area contributed by atoms with Gasteiger partial charge >= 0.3 is 0 Å². The van der Waals surface area contributed by atoms with Gasteiger partial charge in [0.25, 0.3) is 0 Å². The lowest BCUT2D eigenvalue weighted by atomic mass is 9.82. The third-order valence-corrected chi connectivity index (χ3v) is 13.4. The molecule has 0 N–H and O–H groups in total. The molecule has 1 aliphatic rings. The first-order valence-electron chi connectivity index (χ1n) is 21.9. The maximum atomic E-state index is 2.45. The summed E-state index contributed by atoms with van der Waals surface area (Å²) < 4.78 is 0. The van der Waals surface area contributed by atoms with E-state index in [2.05, 4.69) is 254 Å². The molecule has 2 nitrogen and oxygen atoms in total. The summed E-state index contributed by atoms with van der Waals surface area (Å²) in [5.41, 5.74) is 14.5. The van der Waals surface area contributed by atoms with E-state index in [1.807, 2.05) is 0 Å². The molecule has 0 heterocycles. The van der Waals surface area contributed by atoms with E-state index in [-0.39, 0.29) is 5.41 Å². The van der Waals surface area contributed by atoms with Gasteiger partial charge in [-0.25, -0.2) is 0 Å². The molecular formula is C61H44N2. The summed E-state index contributed by atoms with van der Waals surface area (Å²) in [5.74, 6) is 0. The zero-order chi connectivity index (χ0) is 42.1. The lowest BCUT2D eigenvalue weighted by molar-refractivity contribution is 0.660. The van der Waals surface area contributed by atoms with Crippen molar-refractivity contribution in [3.63, 3.8) is 0 Å². The lowest BCUT2D eigenvalue weighted by Gasteiger charge is -2.29. The van der Waals surface area contributed by atoms with Gasteiger partial charge in [0.1, 0.15) is 0 Å². The van der Waals surface area contributed by atoms with Crippen LogP contribution in [0.15, 0.2) is 231 Å². The average Bonchev–Trinajstić information content (AvgIpc) is 3.57. The smallest absolute Gasteiger partial charge is 0.0540 e. The van der Waals surface area contributed by atoms with Crippen LogP contribution < -0.4 is 9.80 Å². The van der Waals surface area contributed by atoms with Crippen molar-refractivity contribution in [3.8, 4) is 22.3 Å². The molecule has 11 aromatic carbocycles. The predicted molar refractivity (Wildman–Crippen MR) is 269 cm³/mol. The van der Waals surface area contributed by atoms with Gasteiger partial charge < -0.3 is 9.80 Å². The van der Waals surface area contributed by atoms with Crippen molar-refractivity contribution in [2.45, 2.75) is 19.3 Å². The van der Waals surface area contributed by atoms with Crippen LogP contribution in [0.5, 0.6) is 0 Å². The molecule has 0 bridgehead atoms. The van der Waals surface area contributed by atoms with Crippen LogP contribution in [0.1, 0.15) is 25.0 Å². The van der Waals surface area contributed by atoms with Gasteiger partial charge in [-0.3, -0.25) is 0 Å². The monoisotopic (exact) mass is 804 g/mol. The van der Waals surface area contributed by atoms with E-state index < -0.39 is 0 Å². The van der Waals surface area contributed by atoms with Crippen molar-refractivity contribution in [2.24, 2.45) is 0 Å². The number of hydrogen-bond donors (Lipinski definition) is 0. The maximum absolute atomic E-state index is 2.45. The molecule has 2 heteroatoms. The number of nitrogens with zero attached hydrogens (tertiary/aromatic N) is 2. The van der Waals surface area contributed by atoms with Crippen LogP contribution in [0.4, 0.5) is 34.1 Å². The third kappa shape index (κ3) is 6.02. The minimum Gasteiger partial charge on any atom is -0.310 e. The van der Waals surface area contributed by atoms with Gasteiger partial charge in [0.05, 0.1) is 17.1 Å². The topological polar surface area (TPSA) is 6.48 Å². The van der Waals surface area contributed by atoms with Crippen LogP contribution in [-0.4, -0.2) is 0 Å². The highest BCUT2D eigenvalue weighted by molar-refractivity contribution is 6.09. The molecule has 63 heavy (non-hydrogen) atoms. The van der Waals surface area contributed by atoms with Gasteiger partial charge in [0, 0.05) is 38.6 Å². The second-order valence-corrected chi connectivity index (χ2v) is 17.3. The van der Waals surface area contributed by atoms with Crippen LogP contribution in [0, 0.1) is 0 Å². The largest absolute Gasteiger partial charge is 0.310 e. The summed E-state index contributed by atoms with van der Waals surface area (Å²) in [6.45, 7) is 4.72. The number of hydrogen-bond acceptors (Lipinski definition) is 2. The first-order chi connectivity index (χ1) is 31.0. The normalized spacial score (nSPS) is 12.7. The van der Waals surface area contributed by atoms with Crippen molar-refractivity contribution < 1.29 is 0 Å². The van der Waals surface area contributed by atoms with E-state index in [4.69, 9.17) is 0 Å². The molecule has 0 saturated carbocycles. The van der Waals surface area contributed by atoms with Gasteiger partial charge in [-0.1, -0.05) is 190 Å². The SMILES string of the molecule is CC1(C)c2ccccc2-c2ccc(N(c3ccc(-c4ccc(N(c5ccc6ccccc6c5)c5cccc6ccccc56)c5ccccc45)cc3)c3cccc4ccccc34)cc21. The van der Waals surface area contributed by atoms with Crippen molar-refractivity contribution in [1.82, 2.24) is 0 Å². The molecule has 1 aliphatic carbocycles. The van der Waals surface area contributed by atoms with Gasteiger partial charge in [0.2, 0.25) is 0 Å². The second-order valence-electron chi connectivity index (χ2n) is 17.3. The van der Waals surface area contributed by atoms with E-state index in [1.54, 1.807) is 0 Å². The number of rotatable bonds is 7. The Morgan fingerprint density at radius 1 is 0.286 bits per heavy atom. The highest BCUT2D eigenvalue weighted by Crippen LogP contribution is 2.51. The van der Waals surface area contributed by atoms with E-state index in [0.717, 1.165) is 34.1 Å². The fourth-order valence-corrected chi connectivity index (χ4v) is 10.3. The Labute approximate surface area is 368 Å². The average molecular weight is 805 g/mol. The predicted octanol–water partition coefficient (Wildman–Crippen LogP) is 17.2. The van der Waals surface area contributed by atoms with Gasteiger partial charge in [0.15, 0.2) is 0 Å². The molecule has 0 fully saturated rings. The Kier molecular flexibility index (Phi) is 8.55. The second kappa shape index (κ2) is 14.6. The number of benzene rings is 11. The Hall–Kier alpha value is -7.94. The Morgan fingerprint density at radius 3 is 1.51 bits per heavy atom. The standard InChI is InChI=1S/C61H44N2/c1-61(2)56-26-12-11-24-53(56)54-36-35-48(40-57(54)61)62(58-27-13-19-42-16-5-7-21-50(42)58)46-32-30-44(31-33-46)49-37-38-60(55-25-10-9-23-52(49)55)63(47-34-29-41-15-3-4-18-45(41)39-47)59-28-14-20-43-17-6-8-22-51(43)59/h3-40H,1-2H3.